The third-order valence-electron chi connectivity index (χ3n) is 3.64. The quantitative estimate of drug-likeness (QED) is 0.641. The lowest BCUT2D eigenvalue weighted by Gasteiger charge is -2.29. The molecular formula is C17H20N4O4S. The molecule has 8 nitrogen and oxygen atoms in total. The summed E-state index contributed by atoms with van der Waals surface area (Å²) >= 11 is 1.32. The molecule has 0 spiro atoms. The molecule has 9 heteroatoms. The van der Waals surface area contributed by atoms with E-state index in [9.17, 15) is 14.8 Å². The molecule has 0 saturated heterocycles. The maximum Gasteiger partial charge on any atom is 0.410 e. The fraction of sp³-hybridized carbons (Fsp3) is 0.412. The highest BCUT2D eigenvalue weighted by Gasteiger charge is 2.28. The van der Waals surface area contributed by atoms with Crippen molar-refractivity contribution < 1.29 is 19.1 Å². The first-order valence-electron chi connectivity index (χ1n) is 8.18. The minimum Gasteiger partial charge on any atom is -0.619 e. The molecule has 0 aromatic carbocycles. The first-order chi connectivity index (χ1) is 12.2. The summed E-state index contributed by atoms with van der Waals surface area (Å²) in [4.78, 5) is 31.4. The molecule has 0 bridgehead atoms. The van der Waals surface area contributed by atoms with Crippen LogP contribution in [0.5, 0.6) is 0 Å². The highest BCUT2D eigenvalue weighted by Crippen LogP contribution is 2.29. The van der Waals surface area contributed by atoms with Gasteiger partial charge < -0.3 is 14.8 Å². The van der Waals surface area contributed by atoms with E-state index in [1.54, 1.807) is 11.0 Å². The number of aromatic nitrogens is 2. The lowest BCUT2D eigenvalue weighted by atomic mass is 10.2. The third-order valence-corrected chi connectivity index (χ3v) is 4.64. The Morgan fingerprint density at radius 2 is 2.19 bits per heavy atom. The monoisotopic (exact) mass is 376 g/mol. The zero-order valence-electron chi connectivity index (χ0n) is 14.8. The van der Waals surface area contributed by atoms with E-state index in [0.29, 0.717) is 29.4 Å². The molecule has 2 aromatic heterocycles. The van der Waals surface area contributed by atoms with Crippen molar-refractivity contribution in [2.75, 3.05) is 11.9 Å². The maximum atomic E-state index is 12.2. The second-order valence-corrected chi connectivity index (χ2v) is 8.03. The van der Waals surface area contributed by atoms with E-state index in [-0.39, 0.29) is 11.7 Å². The van der Waals surface area contributed by atoms with Crippen LogP contribution in [0.3, 0.4) is 0 Å². The number of rotatable bonds is 2. The number of nitrogens with one attached hydrogen (secondary N) is 1. The number of ether oxygens (including phenoxy) is 1. The number of nitrogens with zero attached hydrogens (tertiary/aromatic N) is 3. The van der Waals surface area contributed by atoms with Crippen molar-refractivity contribution in [3.05, 3.63) is 45.9 Å². The SMILES string of the molecule is CC(C)(C)OC(=O)N1CCc2nc(NC(=O)c3ccc[n+]([O-])c3)sc2C1. The molecule has 0 atom stereocenters. The highest BCUT2D eigenvalue weighted by molar-refractivity contribution is 7.15. The minimum absolute atomic E-state index is 0.256. The lowest BCUT2D eigenvalue weighted by Crippen LogP contribution is -2.39. The molecule has 3 rings (SSSR count). The zero-order valence-corrected chi connectivity index (χ0v) is 15.6. The Morgan fingerprint density at radius 1 is 1.42 bits per heavy atom. The van der Waals surface area contributed by atoms with Gasteiger partial charge in [0.05, 0.1) is 12.2 Å². The molecule has 1 aliphatic heterocycles. The van der Waals surface area contributed by atoms with Crippen molar-refractivity contribution in [3.8, 4) is 0 Å². The predicted molar refractivity (Wildman–Crippen MR) is 95.8 cm³/mol. The normalized spacial score (nSPS) is 13.9. The maximum absolute atomic E-state index is 12.2. The first kappa shape index (κ1) is 18.1. The van der Waals surface area contributed by atoms with E-state index >= 15 is 0 Å². The van der Waals surface area contributed by atoms with Gasteiger partial charge in [-0.3, -0.25) is 10.1 Å². The molecule has 138 valence electrons. The molecule has 0 radical (unpaired) electrons. The van der Waals surface area contributed by atoms with Gasteiger partial charge in [0.15, 0.2) is 17.5 Å². The summed E-state index contributed by atoms with van der Waals surface area (Å²) in [6.45, 7) is 6.42. The molecule has 0 aliphatic carbocycles. The van der Waals surface area contributed by atoms with Crippen molar-refractivity contribution in [2.24, 2.45) is 0 Å². The average Bonchev–Trinajstić information content (AvgIpc) is 2.94. The number of hydrogen-bond donors (Lipinski definition) is 1. The van der Waals surface area contributed by atoms with E-state index in [1.807, 2.05) is 20.8 Å². The summed E-state index contributed by atoms with van der Waals surface area (Å²) < 4.78 is 5.97. The van der Waals surface area contributed by atoms with Gasteiger partial charge >= 0.3 is 6.09 Å². The molecule has 3 heterocycles. The van der Waals surface area contributed by atoms with E-state index in [4.69, 9.17) is 4.74 Å². The third kappa shape index (κ3) is 4.29. The van der Waals surface area contributed by atoms with E-state index in [2.05, 4.69) is 10.3 Å². The topological polar surface area (TPSA) is 98.5 Å². The van der Waals surface area contributed by atoms with Crippen LogP contribution in [0.15, 0.2) is 24.5 Å². The van der Waals surface area contributed by atoms with Gasteiger partial charge in [-0.05, 0) is 26.8 Å². The average molecular weight is 376 g/mol. The van der Waals surface area contributed by atoms with Crippen LogP contribution < -0.4 is 10.0 Å². The van der Waals surface area contributed by atoms with Gasteiger partial charge in [0, 0.05) is 23.9 Å². The Labute approximate surface area is 155 Å². The van der Waals surface area contributed by atoms with Crippen LogP contribution >= 0.6 is 11.3 Å². The Hall–Kier alpha value is -2.68. The number of thiazole rings is 1. The van der Waals surface area contributed by atoms with Gasteiger partial charge in [-0.1, -0.05) is 11.3 Å². The van der Waals surface area contributed by atoms with E-state index in [1.165, 1.54) is 29.8 Å². The van der Waals surface area contributed by atoms with Crippen LogP contribution in [0.1, 0.15) is 41.7 Å². The Bertz CT molecular complexity index is 844. The van der Waals surface area contributed by atoms with Gasteiger partial charge in [0.1, 0.15) is 11.2 Å². The predicted octanol–water partition coefficient (Wildman–Crippen LogP) is 2.32. The fourth-order valence-corrected chi connectivity index (χ4v) is 3.51. The lowest BCUT2D eigenvalue weighted by molar-refractivity contribution is -0.605. The summed E-state index contributed by atoms with van der Waals surface area (Å²) in [5.41, 5.74) is 0.585. The summed E-state index contributed by atoms with van der Waals surface area (Å²) in [5.74, 6) is -0.398. The van der Waals surface area contributed by atoms with Crippen LogP contribution in [-0.4, -0.2) is 34.0 Å². The summed E-state index contributed by atoms with van der Waals surface area (Å²) in [6, 6.07) is 3.06. The van der Waals surface area contributed by atoms with E-state index in [0.717, 1.165) is 10.6 Å². The van der Waals surface area contributed by atoms with Crippen LogP contribution in [0, 0.1) is 5.21 Å². The van der Waals surface area contributed by atoms with Crippen molar-refractivity contribution in [1.82, 2.24) is 9.88 Å². The van der Waals surface area contributed by atoms with Crippen LogP contribution in [0.4, 0.5) is 9.93 Å². The molecule has 1 N–H and O–H groups in total. The first-order valence-corrected chi connectivity index (χ1v) is 8.99. The number of pyridine rings is 1. The Morgan fingerprint density at radius 3 is 2.88 bits per heavy atom. The van der Waals surface area contributed by atoms with Gasteiger partial charge in [-0.25, -0.2) is 9.78 Å². The second kappa shape index (κ2) is 6.91. The van der Waals surface area contributed by atoms with Crippen molar-refractivity contribution in [1.29, 1.82) is 0 Å². The van der Waals surface area contributed by atoms with Gasteiger partial charge in [0.25, 0.3) is 5.91 Å². The minimum atomic E-state index is -0.543. The number of amides is 2. The van der Waals surface area contributed by atoms with Gasteiger partial charge in [0.2, 0.25) is 0 Å². The van der Waals surface area contributed by atoms with Crippen LogP contribution in [0.25, 0.3) is 0 Å². The molecule has 26 heavy (non-hydrogen) atoms. The fourth-order valence-electron chi connectivity index (χ4n) is 2.49. The number of anilines is 1. The number of carbonyl (C=O) groups is 2. The number of fused-ring (bicyclic) bond motifs is 1. The summed E-state index contributed by atoms with van der Waals surface area (Å²) in [6.07, 6.45) is 2.76. The number of carbonyl (C=O) groups excluding carboxylic acids is 2. The highest BCUT2D eigenvalue weighted by atomic mass is 32.1. The molecule has 0 unspecified atom stereocenters. The van der Waals surface area contributed by atoms with Crippen molar-refractivity contribution in [3.63, 3.8) is 0 Å². The standard InChI is InChI=1S/C17H20N4O4S/c1-17(2,3)25-16(23)20-8-6-12-13(10-20)26-15(18-12)19-14(22)11-5-4-7-21(24)9-11/h4-5,7,9H,6,8,10H2,1-3H3,(H,18,19,22). The zero-order chi connectivity index (χ0) is 18.9. The number of hydrogen-bond acceptors (Lipinski definition) is 6. The molecule has 0 fully saturated rings. The summed E-state index contributed by atoms with van der Waals surface area (Å²) in [7, 11) is 0. The Kier molecular flexibility index (Phi) is 4.82. The largest absolute Gasteiger partial charge is 0.619 e. The van der Waals surface area contributed by atoms with Gasteiger partial charge in [-0.2, -0.15) is 4.73 Å². The van der Waals surface area contributed by atoms with Crippen molar-refractivity contribution >= 4 is 28.5 Å². The molecule has 2 aromatic rings. The van der Waals surface area contributed by atoms with Crippen LogP contribution in [-0.2, 0) is 17.7 Å². The molecule has 0 saturated carbocycles. The van der Waals surface area contributed by atoms with Crippen molar-refractivity contribution in [2.45, 2.75) is 39.3 Å². The van der Waals surface area contributed by atoms with Gasteiger partial charge in [-0.15, -0.1) is 0 Å². The second-order valence-electron chi connectivity index (χ2n) is 6.95. The molecule has 2 amide bonds. The summed E-state index contributed by atoms with van der Waals surface area (Å²) in [5, 5.41) is 14.4. The smallest absolute Gasteiger partial charge is 0.410 e. The Balaban J connectivity index is 1.68. The van der Waals surface area contributed by atoms with E-state index < -0.39 is 11.5 Å². The molecular weight excluding hydrogens is 356 g/mol. The molecule has 1 aliphatic rings. The van der Waals surface area contributed by atoms with Crippen LogP contribution in [0.2, 0.25) is 0 Å².